The van der Waals surface area contributed by atoms with Gasteiger partial charge in [0, 0.05) is 45.2 Å². The second-order valence-electron chi connectivity index (χ2n) is 5.45. The molecule has 1 aliphatic rings. The minimum atomic E-state index is -0.0169. The summed E-state index contributed by atoms with van der Waals surface area (Å²) in [4.78, 5) is 13.7. The van der Waals surface area contributed by atoms with Gasteiger partial charge in [0.05, 0.1) is 5.56 Å². The van der Waals surface area contributed by atoms with Crippen molar-refractivity contribution in [3.63, 3.8) is 0 Å². The fourth-order valence-corrected chi connectivity index (χ4v) is 2.36. The zero-order valence-electron chi connectivity index (χ0n) is 12.2. The Morgan fingerprint density at radius 2 is 2.30 bits per heavy atom. The molecule has 1 amide bonds. The van der Waals surface area contributed by atoms with E-state index in [-0.39, 0.29) is 5.91 Å². The number of carbonyl (C=O) groups excluding carboxylic acids is 1. The molecule has 1 atom stereocenters. The van der Waals surface area contributed by atoms with Gasteiger partial charge in [0.25, 0.3) is 5.91 Å². The van der Waals surface area contributed by atoms with Gasteiger partial charge < -0.3 is 20.7 Å². The number of hydrogen-bond acceptors (Lipinski definition) is 4. The number of ether oxygens (including phenoxy) is 1. The lowest BCUT2D eigenvalue weighted by Crippen LogP contribution is -2.23. The predicted octanol–water partition coefficient (Wildman–Crippen LogP) is 1.81. The first-order chi connectivity index (χ1) is 9.58. The summed E-state index contributed by atoms with van der Waals surface area (Å²) in [6.45, 7) is 2.54. The molecule has 20 heavy (non-hydrogen) atoms. The molecule has 5 nitrogen and oxygen atoms in total. The summed E-state index contributed by atoms with van der Waals surface area (Å²) in [5, 5.41) is 3.33. The molecule has 0 saturated carbocycles. The van der Waals surface area contributed by atoms with Crippen LogP contribution < -0.4 is 11.1 Å². The minimum Gasteiger partial charge on any atom is -0.399 e. The van der Waals surface area contributed by atoms with E-state index >= 15 is 0 Å². The van der Waals surface area contributed by atoms with E-state index in [1.165, 1.54) is 0 Å². The van der Waals surface area contributed by atoms with Crippen molar-refractivity contribution in [1.29, 1.82) is 0 Å². The molecule has 1 aromatic rings. The third kappa shape index (κ3) is 3.63. The molecule has 3 N–H and O–H groups in total. The van der Waals surface area contributed by atoms with Crippen molar-refractivity contribution in [2.75, 3.05) is 44.9 Å². The monoisotopic (exact) mass is 277 g/mol. The van der Waals surface area contributed by atoms with Crippen molar-refractivity contribution in [2.24, 2.45) is 5.92 Å². The highest BCUT2D eigenvalue weighted by Crippen LogP contribution is 2.22. The Hall–Kier alpha value is -1.75. The van der Waals surface area contributed by atoms with Crippen molar-refractivity contribution >= 4 is 17.3 Å². The fourth-order valence-electron chi connectivity index (χ4n) is 2.36. The summed E-state index contributed by atoms with van der Waals surface area (Å²) in [5.74, 6) is 0.605. The average Bonchev–Trinajstić information content (AvgIpc) is 2.91. The minimum absolute atomic E-state index is 0.0169. The summed E-state index contributed by atoms with van der Waals surface area (Å²) in [7, 11) is 3.50. The topological polar surface area (TPSA) is 67.6 Å². The molecule has 1 fully saturated rings. The highest BCUT2D eigenvalue weighted by molar-refractivity contribution is 5.99. The number of nitrogens with zero attached hydrogens (tertiary/aromatic N) is 1. The molecule has 0 radical (unpaired) electrons. The largest absolute Gasteiger partial charge is 0.399 e. The lowest BCUT2D eigenvalue weighted by molar-refractivity contribution is 0.0828. The van der Waals surface area contributed by atoms with Crippen LogP contribution in [0.15, 0.2) is 18.2 Å². The van der Waals surface area contributed by atoms with Crippen LogP contribution in [0.1, 0.15) is 23.2 Å². The van der Waals surface area contributed by atoms with Crippen molar-refractivity contribution in [3.05, 3.63) is 23.8 Å². The molecule has 110 valence electrons. The number of benzene rings is 1. The van der Waals surface area contributed by atoms with Gasteiger partial charge in [0.1, 0.15) is 0 Å². The van der Waals surface area contributed by atoms with Gasteiger partial charge in [-0.1, -0.05) is 0 Å². The van der Waals surface area contributed by atoms with Gasteiger partial charge in [-0.15, -0.1) is 0 Å². The van der Waals surface area contributed by atoms with Gasteiger partial charge >= 0.3 is 0 Å². The molecular formula is C15H23N3O2. The second-order valence-corrected chi connectivity index (χ2v) is 5.45. The second kappa shape index (κ2) is 6.61. The SMILES string of the molecule is CN(C)C(=O)c1ccc(N)cc1NCCC1CCOC1. The van der Waals surface area contributed by atoms with Crippen LogP contribution in [0, 0.1) is 5.92 Å². The molecule has 1 aliphatic heterocycles. The normalized spacial score (nSPS) is 18.0. The summed E-state index contributed by atoms with van der Waals surface area (Å²) in [6, 6.07) is 5.35. The van der Waals surface area contributed by atoms with Crippen LogP contribution in [0.25, 0.3) is 0 Å². The molecule has 5 heteroatoms. The van der Waals surface area contributed by atoms with E-state index in [0.29, 0.717) is 17.2 Å². The third-order valence-electron chi connectivity index (χ3n) is 3.57. The van der Waals surface area contributed by atoms with E-state index in [1.807, 2.05) is 6.07 Å². The van der Waals surface area contributed by atoms with Crippen LogP contribution >= 0.6 is 0 Å². The number of nitrogens with one attached hydrogen (secondary N) is 1. The van der Waals surface area contributed by atoms with Crippen LogP contribution in [0.2, 0.25) is 0 Å². The molecule has 2 rings (SSSR count). The first kappa shape index (κ1) is 14.7. The summed E-state index contributed by atoms with van der Waals surface area (Å²) >= 11 is 0. The Kier molecular flexibility index (Phi) is 4.84. The summed E-state index contributed by atoms with van der Waals surface area (Å²) in [5.41, 5.74) is 7.94. The number of nitrogen functional groups attached to an aromatic ring is 1. The van der Waals surface area contributed by atoms with E-state index in [4.69, 9.17) is 10.5 Å². The Morgan fingerprint density at radius 1 is 1.50 bits per heavy atom. The molecule has 0 aliphatic carbocycles. The zero-order chi connectivity index (χ0) is 14.5. The van der Waals surface area contributed by atoms with Crippen molar-refractivity contribution in [2.45, 2.75) is 12.8 Å². The Balaban J connectivity index is 2.01. The van der Waals surface area contributed by atoms with Crippen LogP contribution in [0.3, 0.4) is 0 Å². The van der Waals surface area contributed by atoms with Gasteiger partial charge in [-0.25, -0.2) is 0 Å². The number of hydrogen-bond donors (Lipinski definition) is 2. The zero-order valence-corrected chi connectivity index (χ0v) is 12.2. The molecule has 1 saturated heterocycles. The number of anilines is 2. The van der Waals surface area contributed by atoms with Gasteiger partial charge in [-0.2, -0.15) is 0 Å². The van der Waals surface area contributed by atoms with E-state index in [0.717, 1.165) is 38.3 Å². The molecule has 0 spiro atoms. The van der Waals surface area contributed by atoms with Gasteiger partial charge in [0.15, 0.2) is 0 Å². The van der Waals surface area contributed by atoms with Gasteiger partial charge in [-0.3, -0.25) is 4.79 Å². The van der Waals surface area contributed by atoms with Crippen molar-refractivity contribution in [3.8, 4) is 0 Å². The number of carbonyl (C=O) groups is 1. The summed E-state index contributed by atoms with van der Waals surface area (Å²) in [6.07, 6.45) is 2.17. The van der Waals surface area contributed by atoms with Crippen molar-refractivity contribution < 1.29 is 9.53 Å². The maximum Gasteiger partial charge on any atom is 0.255 e. The Bertz CT molecular complexity index is 468. The standard InChI is InChI=1S/C15H23N3O2/c1-18(2)15(19)13-4-3-12(16)9-14(13)17-7-5-11-6-8-20-10-11/h3-4,9,11,17H,5-8,10,16H2,1-2H3. The highest BCUT2D eigenvalue weighted by Gasteiger charge is 2.16. The lowest BCUT2D eigenvalue weighted by atomic mass is 10.0. The lowest BCUT2D eigenvalue weighted by Gasteiger charge is -2.16. The van der Waals surface area contributed by atoms with E-state index in [2.05, 4.69) is 5.32 Å². The first-order valence-corrected chi connectivity index (χ1v) is 7.00. The first-order valence-electron chi connectivity index (χ1n) is 7.00. The molecule has 1 heterocycles. The predicted molar refractivity (Wildman–Crippen MR) is 80.9 cm³/mol. The van der Waals surface area contributed by atoms with E-state index in [1.54, 1.807) is 31.1 Å². The number of rotatable bonds is 5. The Morgan fingerprint density at radius 3 is 2.95 bits per heavy atom. The smallest absolute Gasteiger partial charge is 0.255 e. The molecule has 0 bridgehead atoms. The van der Waals surface area contributed by atoms with Crippen LogP contribution in [0.4, 0.5) is 11.4 Å². The number of amides is 1. The highest BCUT2D eigenvalue weighted by atomic mass is 16.5. The van der Waals surface area contributed by atoms with Crippen LogP contribution in [-0.2, 0) is 4.74 Å². The summed E-state index contributed by atoms with van der Waals surface area (Å²) < 4.78 is 5.36. The van der Waals surface area contributed by atoms with Crippen LogP contribution in [0.5, 0.6) is 0 Å². The average molecular weight is 277 g/mol. The van der Waals surface area contributed by atoms with Crippen LogP contribution in [-0.4, -0.2) is 44.7 Å². The van der Waals surface area contributed by atoms with Gasteiger partial charge in [0.2, 0.25) is 0 Å². The molecule has 0 aromatic heterocycles. The quantitative estimate of drug-likeness (QED) is 0.805. The fraction of sp³-hybridized carbons (Fsp3) is 0.533. The van der Waals surface area contributed by atoms with Crippen molar-refractivity contribution in [1.82, 2.24) is 4.90 Å². The van der Waals surface area contributed by atoms with E-state index < -0.39 is 0 Å². The number of nitrogens with two attached hydrogens (primary N) is 1. The molecule has 1 unspecified atom stereocenters. The van der Waals surface area contributed by atoms with Gasteiger partial charge in [-0.05, 0) is 37.0 Å². The molecular weight excluding hydrogens is 254 g/mol. The van der Waals surface area contributed by atoms with E-state index in [9.17, 15) is 4.79 Å². The maximum absolute atomic E-state index is 12.1. The molecule has 1 aromatic carbocycles. The third-order valence-corrected chi connectivity index (χ3v) is 3.57. The Labute approximate surface area is 120 Å². The maximum atomic E-state index is 12.1.